The normalized spacial score (nSPS) is 10.2. The average Bonchev–Trinajstić information content (AvgIpc) is 2.47. The predicted molar refractivity (Wildman–Crippen MR) is 76.9 cm³/mol. The third kappa shape index (κ3) is 2.79. The number of aryl methyl sites for hydroxylation is 1. The zero-order valence-electron chi connectivity index (χ0n) is 11.8. The highest BCUT2D eigenvalue weighted by Gasteiger charge is 2.17. The van der Waals surface area contributed by atoms with E-state index in [-0.39, 0.29) is 5.97 Å². The van der Waals surface area contributed by atoms with Crippen LogP contribution in [0.15, 0.2) is 36.5 Å². The van der Waals surface area contributed by atoms with E-state index in [9.17, 15) is 4.79 Å². The second kappa shape index (κ2) is 6.19. The second-order valence-corrected chi connectivity index (χ2v) is 4.30. The quantitative estimate of drug-likeness (QED) is 0.801. The van der Waals surface area contributed by atoms with Crippen molar-refractivity contribution < 1.29 is 14.3 Å². The Bertz CT molecular complexity index is 606. The Balaban J connectivity index is 2.49. The lowest BCUT2D eigenvalue weighted by Crippen LogP contribution is -2.09. The van der Waals surface area contributed by atoms with Gasteiger partial charge in [0.15, 0.2) is 0 Å². The number of pyridine rings is 1. The monoisotopic (exact) mass is 271 g/mol. The predicted octanol–water partition coefficient (Wildman–Crippen LogP) is 3.24. The molecule has 1 aromatic heterocycles. The van der Waals surface area contributed by atoms with E-state index in [1.165, 1.54) is 0 Å². The minimum atomic E-state index is -0.344. The standard InChI is InChI=1S/C16H17NO3/c1-4-20-16(18)14-11(2)9-10-17-15(14)12-5-7-13(19-3)8-6-12/h5-10H,4H2,1-3H3. The van der Waals surface area contributed by atoms with E-state index in [1.807, 2.05) is 31.2 Å². The largest absolute Gasteiger partial charge is 0.497 e. The molecule has 0 unspecified atom stereocenters. The molecule has 104 valence electrons. The topological polar surface area (TPSA) is 48.4 Å². The van der Waals surface area contributed by atoms with Crippen LogP contribution in [-0.2, 0) is 4.74 Å². The van der Waals surface area contributed by atoms with Crippen molar-refractivity contribution in [3.8, 4) is 17.0 Å². The second-order valence-electron chi connectivity index (χ2n) is 4.30. The van der Waals surface area contributed by atoms with Gasteiger partial charge in [-0.3, -0.25) is 4.98 Å². The molecule has 0 N–H and O–H groups in total. The fourth-order valence-corrected chi connectivity index (χ4v) is 1.99. The van der Waals surface area contributed by atoms with E-state index < -0.39 is 0 Å². The first-order valence-corrected chi connectivity index (χ1v) is 6.44. The molecular weight excluding hydrogens is 254 g/mol. The number of hydrogen-bond donors (Lipinski definition) is 0. The fourth-order valence-electron chi connectivity index (χ4n) is 1.99. The summed E-state index contributed by atoms with van der Waals surface area (Å²) in [6.45, 7) is 4.01. The molecule has 0 saturated heterocycles. The van der Waals surface area contributed by atoms with Crippen LogP contribution in [0.3, 0.4) is 0 Å². The molecule has 0 amide bonds. The van der Waals surface area contributed by atoms with Crippen molar-refractivity contribution in [3.05, 3.63) is 47.7 Å². The van der Waals surface area contributed by atoms with Gasteiger partial charge in [0.25, 0.3) is 0 Å². The molecule has 0 fully saturated rings. The Morgan fingerprint density at radius 3 is 2.50 bits per heavy atom. The van der Waals surface area contributed by atoms with Gasteiger partial charge in [0, 0.05) is 11.8 Å². The summed E-state index contributed by atoms with van der Waals surface area (Å²) >= 11 is 0. The zero-order chi connectivity index (χ0) is 14.5. The number of carbonyl (C=O) groups excluding carboxylic acids is 1. The molecule has 0 spiro atoms. The number of methoxy groups -OCH3 is 1. The van der Waals surface area contributed by atoms with Gasteiger partial charge in [-0.25, -0.2) is 4.79 Å². The van der Waals surface area contributed by atoms with Gasteiger partial charge in [0.2, 0.25) is 0 Å². The van der Waals surface area contributed by atoms with Crippen LogP contribution in [0.1, 0.15) is 22.8 Å². The SMILES string of the molecule is CCOC(=O)c1c(C)ccnc1-c1ccc(OC)cc1. The molecular formula is C16H17NO3. The van der Waals surface area contributed by atoms with Crippen molar-refractivity contribution in [2.24, 2.45) is 0 Å². The maximum atomic E-state index is 12.1. The highest BCUT2D eigenvalue weighted by molar-refractivity contribution is 5.97. The summed E-state index contributed by atoms with van der Waals surface area (Å²) in [5, 5.41) is 0. The lowest BCUT2D eigenvalue weighted by molar-refractivity contribution is 0.0526. The number of esters is 1. The van der Waals surface area contributed by atoms with E-state index in [0.29, 0.717) is 17.9 Å². The summed E-state index contributed by atoms with van der Waals surface area (Å²) in [4.78, 5) is 16.4. The Morgan fingerprint density at radius 2 is 1.90 bits per heavy atom. The van der Waals surface area contributed by atoms with Gasteiger partial charge < -0.3 is 9.47 Å². The summed E-state index contributed by atoms with van der Waals surface area (Å²) < 4.78 is 10.2. The van der Waals surface area contributed by atoms with E-state index in [1.54, 1.807) is 26.3 Å². The fraction of sp³-hybridized carbons (Fsp3) is 0.250. The Hall–Kier alpha value is -2.36. The van der Waals surface area contributed by atoms with Gasteiger partial charge in [0.1, 0.15) is 5.75 Å². The molecule has 2 aromatic rings. The molecule has 0 aliphatic rings. The summed E-state index contributed by atoms with van der Waals surface area (Å²) in [5.74, 6) is 0.419. The summed E-state index contributed by atoms with van der Waals surface area (Å²) in [6.07, 6.45) is 1.69. The van der Waals surface area contributed by atoms with Gasteiger partial charge in [0.05, 0.1) is 25.0 Å². The maximum Gasteiger partial charge on any atom is 0.340 e. The Morgan fingerprint density at radius 1 is 1.20 bits per heavy atom. The summed E-state index contributed by atoms with van der Waals surface area (Å²) in [7, 11) is 1.62. The van der Waals surface area contributed by atoms with Crippen LogP contribution in [-0.4, -0.2) is 24.7 Å². The first-order valence-electron chi connectivity index (χ1n) is 6.44. The van der Waals surface area contributed by atoms with Crippen molar-refractivity contribution in [2.75, 3.05) is 13.7 Å². The number of nitrogens with zero attached hydrogens (tertiary/aromatic N) is 1. The molecule has 4 heteroatoms. The number of carbonyl (C=O) groups is 1. The van der Waals surface area contributed by atoms with Crippen LogP contribution in [0, 0.1) is 6.92 Å². The number of hydrogen-bond acceptors (Lipinski definition) is 4. The van der Waals surface area contributed by atoms with Crippen LogP contribution < -0.4 is 4.74 Å². The number of rotatable bonds is 4. The van der Waals surface area contributed by atoms with Crippen molar-refractivity contribution in [3.63, 3.8) is 0 Å². The van der Waals surface area contributed by atoms with Crippen LogP contribution >= 0.6 is 0 Å². The molecule has 1 aromatic carbocycles. The highest BCUT2D eigenvalue weighted by atomic mass is 16.5. The number of aromatic nitrogens is 1. The van der Waals surface area contributed by atoms with Crippen LogP contribution in [0.2, 0.25) is 0 Å². The Kier molecular flexibility index (Phi) is 4.35. The number of benzene rings is 1. The molecule has 20 heavy (non-hydrogen) atoms. The molecule has 0 aliphatic heterocycles. The zero-order valence-corrected chi connectivity index (χ0v) is 11.8. The molecule has 0 atom stereocenters. The van der Waals surface area contributed by atoms with E-state index in [4.69, 9.17) is 9.47 Å². The van der Waals surface area contributed by atoms with Crippen LogP contribution in [0.4, 0.5) is 0 Å². The van der Waals surface area contributed by atoms with Gasteiger partial charge in [-0.05, 0) is 49.7 Å². The van der Waals surface area contributed by atoms with E-state index in [2.05, 4.69) is 4.98 Å². The molecule has 2 rings (SSSR count). The first kappa shape index (κ1) is 14.1. The molecule has 4 nitrogen and oxygen atoms in total. The van der Waals surface area contributed by atoms with Crippen molar-refractivity contribution in [1.82, 2.24) is 4.98 Å². The third-order valence-corrected chi connectivity index (χ3v) is 3.00. The molecule has 1 heterocycles. The van der Waals surface area contributed by atoms with Gasteiger partial charge in [-0.1, -0.05) is 0 Å². The lowest BCUT2D eigenvalue weighted by atomic mass is 10.0. The van der Waals surface area contributed by atoms with Crippen LogP contribution in [0.5, 0.6) is 5.75 Å². The maximum absolute atomic E-state index is 12.1. The summed E-state index contributed by atoms with van der Waals surface area (Å²) in [6, 6.07) is 9.24. The van der Waals surface area contributed by atoms with Crippen molar-refractivity contribution >= 4 is 5.97 Å². The average molecular weight is 271 g/mol. The smallest absolute Gasteiger partial charge is 0.340 e. The molecule has 0 saturated carbocycles. The minimum Gasteiger partial charge on any atom is -0.497 e. The van der Waals surface area contributed by atoms with Gasteiger partial charge in [-0.15, -0.1) is 0 Å². The summed E-state index contributed by atoms with van der Waals surface area (Å²) in [5.41, 5.74) is 2.85. The van der Waals surface area contributed by atoms with Crippen molar-refractivity contribution in [2.45, 2.75) is 13.8 Å². The van der Waals surface area contributed by atoms with E-state index in [0.717, 1.165) is 16.9 Å². The van der Waals surface area contributed by atoms with Gasteiger partial charge >= 0.3 is 5.97 Å². The molecule has 0 radical (unpaired) electrons. The highest BCUT2D eigenvalue weighted by Crippen LogP contribution is 2.26. The minimum absolute atomic E-state index is 0.342. The Labute approximate surface area is 118 Å². The first-order chi connectivity index (χ1) is 9.67. The van der Waals surface area contributed by atoms with Gasteiger partial charge in [-0.2, -0.15) is 0 Å². The third-order valence-electron chi connectivity index (χ3n) is 3.00. The molecule has 0 aliphatic carbocycles. The van der Waals surface area contributed by atoms with E-state index >= 15 is 0 Å². The van der Waals surface area contributed by atoms with Crippen molar-refractivity contribution in [1.29, 1.82) is 0 Å². The molecule has 0 bridgehead atoms. The lowest BCUT2D eigenvalue weighted by Gasteiger charge is -2.11. The number of ether oxygens (including phenoxy) is 2. The van der Waals surface area contributed by atoms with Crippen LogP contribution in [0.25, 0.3) is 11.3 Å².